The number of hydrogen-bond donors (Lipinski definition) is 1. The first-order chi connectivity index (χ1) is 15.6. The highest BCUT2D eigenvalue weighted by Crippen LogP contribution is 2.29. The molecular weight excluding hydrogens is 404 g/mol. The first-order valence-corrected chi connectivity index (χ1v) is 11.8. The number of carbonyl (C=O) groups is 1. The fraction of sp³-hybridized carbons (Fsp3) is 0.519. The summed E-state index contributed by atoms with van der Waals surface area (Å²) < 4.78 is 17.4. The molecule has 0 atom stereocenters. The van der Waals surface area contributed by atoms with Crippen LogP contribution in [-0.2, 0) is 24.1 Å². The SMILES string of the molecule is CCCCOc1cc(CCC(=O)O)ccc1CCCc1ccc(OCCCC)c(OC)c1. The Balaban J connectivity index is 1.99. The Morgan fingerprint density at radius 1 is 0.781 bits per heavy atom. The maximum atomic E-state index is 10.9. The van der Waals surface area contributed by atoms with Gasteiger partial charge in [0.25, 0.3) is 0 Å². The lowest BCUT2D eigenvalue weighted by molar-refractivity contribution is -0.136. The molecule has 176 valence electrons. The van der Waals surface area contributed by atoms with Crippen molar-refractivity contribution < 1.29 is 24.1 Å². The highest BCUT2D eigenvalue weighted by Gasteiger charge is 2.09. The van der Waals surface area contributed by atoms with E-state index < -0.39 is 5.97 Å². The van der Waals surface area contributed by atoms with E-state index in [9.17, 15) is 4.79 Å². The van der Waals surface area contributed by atoms with Crippen molar-refractivity contribution in [1.82, 2.24) is 0 Å². The largest absolute Gasteiger partial charge is 0.493 e. The summed E-state index contributed by atoms with van der Waals surface area (Å²) in [5.41, 5.74) is 3.40. The highest BCUT2D eigenvalue weighted by atomic mass is 16.5. The van der Waals surface area contributed by atoms with E-state index in [0.29, 0.717) is 19.6 Å². The van der Waals surface area contributed by atoms with Crippen molar-refractivity contribution in [1.29, 1.82) is 0 Å². The van der Waals surface area contributed by atoms with Crippen LogP contribution in [0.1, 0.15) is 69.1 Å². The minimum atomic E-state index is -0.778. The quantitative estimate of drug-likeness (QED) is 0.312. The van der Waals surface area contributed by atoms with Crippen LogP contribution < -0.4 is 14.2 Å². The van der Waals surface area contributed by atoms with E-state index in [2.05, 4.69) is 32.0 Å². The van der Waals surface area contributed by atoms with Gasteiger partial charge in [-0.1, -0.05) is 44.9 Å². The molecule has 0 radical (unpaired) electrons. The molecule has 0 unspecified atom stereocenters. The van der Waals surface area contributed by atoms with E-state index in [1.54, 1.807) is 7.11 Å². The second-order valence-corrected chi connectivity index (χ2v) is 8.08. The Bertz CT molecular complexity index is 831. The number of ether oxygens (including phenoxy) is 3. The fourth-order valence-electron chi connectivity index (χ4n) is 3.47. The maximum Gasteiger partial charge on any atom is 0.303 e. The molecule has 5 heteroatoms. The molecule has 0 heterocycles. The van der Waals surface area contributed by atoms with Crippen LogP contribution in [0.4, 0.5) is 0 Å². The molecule has 0 aromatic heterocycles. The van der Waals surface area contributed by atoms with Crippen LogP contribution in [0.25, 0.3) is 0 Å². The van der Waals surface area contributed by atoms with Gasteiger partial charge in [0, 0.05) is 6.42 Å². The summed E-state index contributed by atoms with van der Waals surface area (Å²) in [4.78, 5) is 10.9. The monoisotopic (exact) mass is 442 g/mol. The number of hydrogen-bond acceptors (Lipinski definition) is 4. The van der Waals surface area contributed by atoms with Gasteiger partial charge in [-0.05, 0) is 73.4 Å². The number of aryl methyl sites for hydroxylation is 3. The predicted molar refractivity (Wildman–Crippen MR) is 128 cm³/mol. The van der Waals surface area contributed by atoms with Gasteiger partial charge in [-0.2, -0.15) is 0 Å². The first-order valence-electron chi connectivity index (χ1n) is 11.8. The molecule has 0 amide bonds. The number of benzene rings is 2. The van der Waals surface area contributed by atoms with Gasteiger partial charge in [0.2, 0.25) is 0 Å². The molecular formula is C27H38O5. The fourth-order valence-corrected chi connectivity index (χ4v) is 3.47. The Morgan fingerprint density at radius 2 is 1.41 bits per heavy atom. The van der Waals surface area contributed by atoms with E-state index in [4.69, 9.17) is 19.3 Å². The van der Waals surface area contributed by atoms with Crippen LogP contribution in [0.5, 0.6) is 17.2 Å². The summed E-state index contributed by atoms with van der Waals surface area (Å²) in [6.07, 6.45) is 7.68. The summed E-state index contributed by atoms with van der Waals surface area (Å²) in [6.45, 7) is 5.67. The normalized spacial score (nSPS) is 10.7. The molecule has 0 aliphatic heterocycles. The number of carboxylic acid groups (broad SMARTS) is 1. The van der Waals surface area contributed by atoms with E-state index in [-0.39, 0.29) is 6.42 Å². The van der Waals surface area contributed by atoms with Crippen LogP contribution in [-0.4, -0.2) is 31.4 Å². The van der Waals surface area contributed by atoms with Gasteiger partial charge >= 0.3 is 5.97 Å². The molecule has 0 saturated carbocycles. The Hall–Kier alpha value is -2.69. The summed E-state index contributed by atoms with van der Waals surface area (Å²) in [5.74, 6) is 1.69. The van der Waals surface area contributed by atoms with Crippen LogP contribution in [0.3, 0.4) is 0 Å². The predicted octanol–water partition coefficient (Wildman–Crippen LogP) is 6.25. The third kappa shape index (κ3) is 8.81. The van der Waals surface area contributed by atoms with Gasteiger partial charge < -0.3 is 19.3 Å². The third-order valence-electron chi connectivity index (χ3n) is 5.41. The molecule has 2 aromatic carbocycles. The van der Waals surface area contributed by atoms with E-state index in [0.717, 1.165) is 67.8 Å². The van der Waals surface area contributed by atoms with Crippen LogP contribution in [0, 0.1) is 0 Å². The van der Waals surface area contributed by atoms with Crippen molar-refractivity contribution in [2.24, 2.45) is 0 Å². The van der Waals surface area contributed by atoms with Crippen molar-refractivity contribution in [2.45, 2.75) is 71.6 Å². The average molecular weight is 443 g/mol. The molecule has 0 aliphatic carbocycles. The number of unbranched alkanes of at least 4 members (excludes halogenated alkanes) is 2. The van der Waals surface area contributed by atoms with Gasteiger partial charge in [-0.15, -0.1) is 0 Å². The first kappa shape index (κ1) is 25.6. The number of carboxylic acids is 1. The molecule has 0 bridgehead atoms. The molecule has 1 N–H and O–H groups in total. The molecule has 32 heavy (non-hydrogen) atoms. The smallest absolute Gasteiger partial charge is 0.303 e. The summed E-state index contributed by atoms with van der Waals surface area (Å²) in [7, 11) is 1.68. The van der Waals surface area contributed by atoms with Crippen LogP contribution in [0.15, 0.2) is 36.4 Å². The minimum absolute atomic E-state index is 0.133. The number of methoxy groups -OCH3 is 1. The summed E-state index contributed by atoms with van der Waals surface area (Å²) >= 11 is 0. The van der Waals surface area contributed by atoms with Gasteiger partial charge in [0.1, 0.15) is 5.75 Å². The molecule has 5 nitrogen and oxygen atoms in total. The zero-order chi connectivity index (χ0) is 23.2. The average Bonchev–Trinajstić information content (AvgIpc) is 2.79. The highest BCUT2D eigenvalue weighted by molar-refractivity contribution is 5.67. The second kappa shape index (κ2) is 14.4. The van der Waals surface area contributed by atoms with Gasteiger partial charge in [0.05, 0.1) is 20.3 Å². The van der Waals surface area contributed by atoms with Gasteiger partial charge in [-0.3, -0.25) is 4.79 Å². The third-order valence-corrected chi connectivity index (χ3v) is 5.41. The summed E-state index contributed by atoms with van der Waals surface area (Å²) in [6, 6.07) is 12.3. The lowest BCUT2D eigenvalue weighted by Gasteiger charge is -2.14. The van der Waals surface area contributed by atoms with Gasteiger partial charge in [0.15, 0.2) is 11.5 Å². The van der Waals surface area contributed by atoms with E-state index >= 15 is 0 Å². The van der Waals surface area contributed by atoms with Crippen molar-refractivity contribution >= 4 is 5.97 Å². The lowest BCUT2D eigenvalue weighted by Crippen LogP contribution is -2.03. The number of aliphatic carboxylic acids is 1. The molecule has 0 fully saturated rings. The topological polar surface area (TPSA) is 65.0 Å². The molecule has 0 saturated heterocycles. The zero-order valence-electron chi connectivity index (χ0n) is 19.8. The van der Waals surface area contributed by atoms with E-state index in [1.165, 1.54) is 11.1 Å². The standard InChI is InChI=1S/C27H38O5/c1-4-6-17-31-24-15-12-21(20-26(24)30-3)9-8-10-23-14-11-22(13-16-27(28)29)19-25(23)32-18-7-5-2/h11-12,14-15,19-20H,4-10,13,16-18H2,1-3H3,(H,28,29). The summed E-state index contributed by atoms with van der Waals surface area (Å²) in [5, 5.41) is 8.96. The zero-order valence-corrected chi connectivity index (χ0v) is 19.8. The Labute approximate surface area is 192 Å². The lowest BCUT2D eigenvalue weighted by atomic mass is 10.0. The Kier molecular flexibility index (Phi) is 11.5. The second-order valence-electron chi connectivity index (χ2n) is 8.08. The van der Waals surface area contributed by atoms with Crippen LogP contribution >= 0.6 is 0 Å². The molecule has 0 aliphatic rings. The maximum absolute atomic E-state index is 10.9. The van der Waals surface area contributed by atoms with Crippen molar-refractivity contribution in [3.05, 3.63) is 53.1 Å². The molecule has 2 aromatic rings. The Morgan fingerprint density at radius 3 is 2.06 bits per heavy atom. The van der Waals surface area contributed by atoms with Gasteiger partial charge in [-0.25, -0.2) is 0 Å². The van der Waals surface area contributed by atoms with Crippen molar-refractivity contribution in [2.75, 3.05) is 20.3 Å². The van der Waals surface area contributed by atoms with E-state index in [1.807, 2.05) is 18.2 Å². The number of rotatable bonds is 16. The van der Waals surface area contributed by atoms with Crippen molar-refractivity contribution in [3.63, 3.8) is 0 Å². The molecule has 2 rings (SSSR count). The van der Waals surface area contributed by atoms with Crippen molar-refractivity contribution in [3.8, 4) is 17.2 Å². The minimum Gasteiger partial charge on any atom is -0.493 e. The van der Waals surface area contributed by atoms with Crippen LogP contribution in [0.2, 0.25) is 0 Å². The molecule has 0 spiro atoms.